The van der Waals surface area contributed by atoms with E-state index in [2.05, 4.69) is 31.7 Å². The van der Waals surface area contributed by atoms with Gasteiger partial charge in [-0.05, 0) is 30.9 Å². The molecule has 9 heavy (non-hydrogen) atoms. The third kappa shape index (κ3) is 1.32. The molecule has 0 saturated heterocycles. The predicted molar refractivity (Wildman–Crippen MR) is 41.3 cm³/mol. The van der Waals surface area contributed by atoms with Gasteiger partial charge in [0.1, 0.15) is 0 Å². The molecule has 0 N–H and O–H groups in total. The summed E-state index contributed by atoms with van der Waals surface area (Å²) < 4.78 is 0. The zero-order chi connectivity index (χ0) is 6.69. The zero-order valence-electron chi connectivity index (χ0n) is 5.85. The van der Waals surface area contributed by atoms with Gasteiger partial charge < -0.3 is 0 Å². The molecule has 0 heteroatoms. The average molecular weight is 120 g/mol. The van der Waals surface area contributed by atoms with Gasteiger partial charge in [0.05, 0.1) is 0 Å². The summed E-state index contributed by atoms with van der Waals surface area (Å²) in [5.74, 6) is 0. The lowest BCUT2D eigenvalue weighted by molar-refractivity contribution is 0.966. The molecule has 0 fully saturated rings. The lowest BCUT2D eigenvalue weighted by atomic mass is 9.97. The maximum Gasteiger partial charge on any atom is -0.0242 e. The molecule has 0 nitrogen and oxygen atoms in total. The maximum atomic E-state index is 3.91. The maximum absolute atomic E-state index is 3.91. The van der Waals surface area contributed by atoms with E-state index in [0.717, 1.165) is 0 Å². The predicted octanol–water partition coefficient (Wildman–Crippen LogP) is 2.84. The number of hydrogen-bond acceptors (Lipinski definition) is 0. The van der Waals surface area contributed by atoms with Crippen molar-refractivity contribution in [3.8, 4) is 0 Å². The third-order valence-electron chi connectivity index (χ3n) is 1.66. The minimum absolute atomic E-state index is 1.17. The summed E-state index contributed by atoms with van der Waals surface area (Å²) in [6, 6.07) is 0. The van der Waals surface area contributed by atoms with Crippen LogP contribution in [0.5, 0.6) is 0 Å². The highest BCUT2D eigenvalue weighted by molar-refractivity contribution is 5.39. The van der Waals surface area contributed by atoms with Crippen LogP contribution < -0.4 is 0 Å². The van der Waals surface area contributed by atoms with Gasteiger partial charge in [0, 0.05) is 0 Å². The monoisotopic (exact) mass is 120 g/mol. The molecule has 0 spiro atoms. The van der Waals surface area contributed by atoms with Crippen LogP contribution in [0.25, 0.3) is 0 Å². The Hall–Kier alpha value is -0.780. The highest BCUT2D eigenvalue weighted by atomic mass is 14.1. The Bertz CT molecular complexity index is 170. The second-order valence-electron chi connectivity index (χ2n) is 2.28. The van der Waals surface area contributed by atoms with Crippen LogP contribution in [0.15, 0.2) is 36.0 Å². The van der Waals surface area contributed by atoms with Gasteiger partial charge in [-0.3, -0.25) is 0 Å². The van der Waals surface area contributed by atoms with Gasteiger partial charge in [-0.2, -0.15) is 0 Å². The topological polar surface area (TPSA) is 0 Å². The summed E-state index contributed by atoms with van der Waals surface area (Å²) >= 11 is 0. The molecule has 0 aromatic carbocycles. The van der Waals surface area contributed by atoms with Crippen LogP contribution in [0.2, 0.25) is 0 Å². The zero-order valence-corrected chi connectivity index (χ0v) is 5.85. The van der Waals surface area contributed by atoms with Crippen LogP contribution in [0.1, 0.15) is 19.8 Å². The van der Waals surface area contributed by atoms with Crippen molar-refractivity contribution in [3.63, 3.8) is 0 Å². The summed E-state index contributed by atoms with van der Waals surface area (Å²) in [7, 11) is 0. The van der Waals surface area contributed by atoms with E-state index >= 15 is 0 Å². The smallest absolute Gasteiger partial charge is 0.0242 e. The number of rotatable bonds is 0. The van der Waals surface area contributed by atoms with Gasteiger partial charge in [-0.25, -0.2) is 0 Å². The highest BCUT2D eigenvalue weighted by Crippen LogP contribution is 2.20. The molecular formula is C9H12. The Morgan fingerprint density at radius 3 is 2.89 bits per heavy atom. The van der Waals surface area contributed by atoms with Gasteiger partial charge >= 0.3 is 0 Å². The molecule has 48 valence electrons. The van der Waals surface area contributed by atoms with E-state index < -0.39 is 0 Å². The first-order valence-electron chi connectivity index (χ1n) is 3.35. The van der Waals surface area contributed by atoms with Crippen molar-refractivity contribution >= 4 is 0 Å². The van der Waals surface area contributed by atoms with E-state index in [1.807, 2.05) is 0 Å². The van der Waals surface area contributed by atoms with E-state index in [1.165, 1.54) is 24.0 Å². The molecule has 0 unspecified atom stereocenters. The molecule has 0 atom stereocenters. The van der Waals surface area contributed by atoms with Crippen LogP contribution in [0, 0.1) is 0 Å². The van der Waals surface area contributed by atoms with Gasteiger partial charge in [0.25, 0.3) is 0 Å². The highest BCUT2D eigenvalue weighted by Gasteiger charge is 2.00. The molecule has 0 saturated carbocycles. The normalized spacial score (nSPS) is 23.2. The van der Waals surface area contributed by atoms with Gasteiger partial charge in [-0.1, -0.05) is 24.8 Å². The molecule has 0 radical (unpaired) electrons. The molecule has 0 bridgehead atoms. The number of allylic oxidation sites excluding steroid dienone is 5. The van der Waals surface area contributed by atoms with Crippen molar-refractivity contribution in [2.24, 2.45) is 0 Å². The molecule has 0 aromatic rings. The van der Waals surface area contributed by atoms with Crippen LogP contribution in [0.4, 0.5) is 0 Å². The SMILES string of the molecule is C=C1C=CCC/C1=C/C. The molecule has 1 rings (SSSR count). The Morgan fingerprint density at radius 1 is 1.67 bits per heavy atom. The quantitative estimate of drug-likeness (QED) is 0.461. The molecule has 0 heterocycles. The van der Waals surface area contributed by atoms with Crippen LogP contribution >= 0.6 is 0 Å². The van der Waals surface area contributed by atoms with Gasteiger partial charge in [0.15, 0.2) is 0 Å². The van der Waals surface area contributed by atoms with Crippen molar-refractivity contribution < 1.29 is 0 Å². The lowest BCUT2D eigenvalue weighted by Gasteiger charge is -2.09. The molecule has 0 amide bonds. The van der Waals surface area contributed by atoms with Crippen LogP contribution in [-0.4, -0.2) is 0 Å². The molecule has 1 aliphatic rings. The van der Waals surface area contributed by atoms with Crippen molar-refractivity contribution in [2.75, 3.05) is 0 Å². The fraction of sp³-hybridized carbons (Fsp3) is 0.333. The van der Waals surface area contributed by atoms with Crippen LogP contribution in [0.3, 0.4) is 0 Å². The van der Waals surface area contributed by atoms with E-state index in [9.17, 15) is 0 Å². The lowest BCUT2D eigenvalue weighted by Crippen LogP contribution is -1.89. The van der Waals surface area contributed by atoms with Crippen molar-refractivity contribution in [1.82, 2.24) is 0 Å². The van der Waals surface area contributed by atoms with Gasteiger partial charge in [0.2, 0.25) is 0 Å². The second-order valence-corrected chi connectivity index (χ2v) is 2.28. The Morgan fingerprint density at radius 2 is 2.44 bits per heavy atom. The Labute approximate surface area is 56.6 Å². The molecule has 0 aliphatic heterocycles. The minimum Gasteiger partial charge on any atom is -0.0915 e. The fourth-order valence-corrected chi connectivity index (χ4v) is 1.06. The van der Waals surface area contributed by atoms with Crippen LogP contribution in [-0.2, 0) is 0 Å². The molecular weight excluding hydrogens is 108 g/mol. The summed E-state index contributed by atoms with van der Waals surface area (Å²) in [4.78, 5) is 0. The summed E-state index contributed by atoms with van der Waals surface area (Å²) in [5.41, 5.74) is 2.58. The van der Waals surface area contributed by atoms with E-state index in [0.29, 0.717) is 0 Å². The van der Waals surface area contributed by atoms with E-state index in [4.69, 9.17) is 0 Å². The minimum atomic E-state index is 1.17. The molecule has 1 aliphatic carbocycles. The first kappa shape index (κ1) is 6.34. The summed E-state index contributed by atoms with van der Waals surface area (Å²) in [6.07, 6.45) is 8.77. The Kier molecular flexibility index (Phi) is 1.88. The molecule has 0 aromatic heterocycles. The average Bonchev–Trinajstić information content (AvgIpc) is 1.89. The number of hydrogen-bond donors (Lipinski definition) is 0. The van der Waals surface area contributed by atoms with Crippen molar-refractivity contribution in [2.45, 2.75) is 19.8 Å². The first-order chi connectivity index (χ1) is 4.34. The van der Waals surface area contributed by atoms with E-state index in [1.54, 1.807) is 0 Å². The van der Waals surface area contributed by atoms with E-state index in [-0.39, 0.29) is 0 Å². The largest absolute Gasteiger partial charge is 0.0915 e. The van der Waals surface area contributed by atoms with Gasteiger partial charge in [-0.15, -0.1) is 0 Å². The second kappa shape index (κ2) is 2.67. The van der Waals surface area contributed by atoms with Crippen molar-refractivity contribution in [1.29, 1.82) is 0 Å². The standard InChI is InChI=1S/C9H12/c1-3-9-7-5-4-6-8(9)2/h3-4,6H,2,5,7H2,1H3/b9-3-. The fourth-order valence-electron chi connectivity index (χ4n) is 1.06. The summed E-state index contributed by atoms with van der Waals surface area (Å²) in [6.45, 7) is 5.98. The first-order valence-corrected chi connectivity index (χ1v) is 3.35. The Balaban J connectivity index is 2.78. The van der Waals surface area contributed by atoms with Crippen molar-refractivity contribution in [3.05, 3.63) is 36.0 Å². The third-order valence-corrected chi connectivity index (χ3v) is 1.66. The summed E-state index contributed by atoms with van der Waals surface area (Å²) in [5, 5.41) is 0.